The third-order valence-electron chi connectivity index (χ3n) is 3.58. The maximum absolute atomic E-state index is 5.99. The molecule has 0 saturated carbocycles. The highest BCUT2D eigenvalue weighted by molar-refractivity contribution is 5.15. The normalized spacial score (nSPS) is 19.6. The van der Waals surface area contributed by atoms with Crippen molar-refractivity contribution in [2.75, 3.05) is 26.3 Å². The molecule has 1 saturated heterocycles. The van der Waals surface area contributed by atoms with E-state index < -0.39 is 0 Å². The number of ether oxygens (including phenoxy) is 2. The lowest BCUT2D eigenvalue weighted by molar-refractivity contribution is 0.0682. The number of hydrogen-bond donors (Lipinski definition) is 0. The molecule has 0 radical (unpaired) electrons. The minimum Gasteiger partial charge on any atom is -0.471 e. The molecule has 0 spiro atoms. The Hall–Kier alpha value is -1.98. The van der Waals surface area contributed by atoms with Crippen LogP contribution in [0, 0.1) is 6.92 Å². The lowest BCUT2D eigenvalue weighted by Crippen LogP contribution is -2.36. The van der Waals surface area contributed by atoms with Crippen LogP contribution in [0.4, 0.5) is 0 Å². The second-order valence-electron chi connectivity index (χ2n) is 5.49. The SMILES string of the molecule is Cc1cccc(O[C@H]2COCCN(Cc3ccccn3)C2)n1. The number of aromatic nitrogens is 2. The number of rotatable bonds is 4. The summed E-state index contributed by atoms with van der Waals surface area (Å²) < 4.78 is 11.6. The fraction of sp³-hybridized carbons (Fsp3) is 0.412. The highest BCUT2D eigenvalue weighted by Gasteiger charge is 2.21. The first-order chi connectivity index (χ1) is 10.8. The Morgan fingerprint density at radius 3 is 3.05 bits per heavy atom. The maximum Gasteiger partial charge on any atom is 0.213 e. The van der Waals surface area contributed by atoms with Crippen molar-refractivity contribution in [2.45, 2.75) is 19.6 Å². The van der Waals surface area contributed by atoms with Gasteiger partial charge in [-0.05, 0) is 25.1 Å². The molecule has 1 aliphatic rings. The van der Waals surface area contributed by atoms with Crippen molar-refractivity contribution >= 4 is 0 Å². The molecule has 0 amide bonds. The zero-order chi connectivity index (χ0) is 15.2. The topological polar surface area (TPSA) is 47.5 Å². The Kier molecular flexibility index (Phi) is 4.98. The maximum atomic E-state index is 5.99. The quantitative estimate of drug-likeness (QED) is 0.865. The van der Waals surface area contributed by atoms with Gasteiger partial charge in [-0.3, -0.25) is 9.88 Å². The summed E-state index contributed by atoms with van der Waals surface area (Å²) in [6.07, 6.45) is 1.81. The average Bonchev–Trinajstić information content (AvgIpc) is 2.73. The summed E-state index contributed by atoms with van der Waals surface area (Å²) in [6.45, 7) is 5.78. The first-order valence-corrected chi connectivity index (χ1v) is 7.60. The van der Waals surface area contributed by atoms with E-state index in [2.05, 4.69) is 14.9 Å². The smallest absolute Gasteiger partial charge is 0.213 e. The van der Waals surface area contributed by atoms with Crippen molar-refractivity contribution in [3.63, 3.8) is 0 Å². The van der Waals surface area contributed by atoms with Gasteiger partial charge in [-0.25, -0.2) is 4.98 Å². The fourth-order valence-electron chi connectivity index (χ4n) is 2.53. The molecule has 0 aliphatic carbocycles. The van der Waals surface area contributed by atoms with Crippen LogP contribution in [0.1, 0.15) is 11.4 Å². The first kappa shape index (κ1) is 14.9. The van der Waals surface area contributed by atoms with Gasteiger partial charge in [-0.1, -0.05) is 12.1 Å². The molecule has 1 fully saturated rings. The van der Waals surface area contributed by atoms with Gasteiger partial charge in [-0.15, -0.1) is 0 Å². The lowest BCUT2D eigenvalue weighted by Gasteiger charge is -2.23. The van der Waals surface area contributed by atoms with Crippen LogP contribution in [0.25, 0.3) is 0 Å². The Balaban J connectivity index is 1.62. The molecule has 22 heavy (non-hydrogen) atoms. The Labute approximate surface area is 130 Å². The third-order valence-corrected chi connectivity index (χ3v) is 3.58. The number of hydrogen-bond acceptors (Lipinski definition) is 5. The molecule has 0 bridgehead atoms. The minimum atomic E-state index is -0.0134. The summed E-state index contributed by atoms with van der Waals surface area (Å²) in [6, 6.07) is 11.8. The highest BCUT2D eigenvalue weighted by Crippen LogP contribution is 2.13. The van der Waals surface area contributed by atoms with Gasteiger partial charge in [0.2, 0.25) is 5.88 Å². The van der Waals surface area contributed by atoms with Crippen molar-refractivity contribution in [3.05, 3.63) is 54.0 Å². The summed E-state index contributed by atoms with van der Waals surface area (Å²) in [5.41, 5.74) is 2.02. The van der Waals surface area contributed by atoms with E-state index in [-0.39, 0.29) is 6.10 Å². The first-order valence-electron chi connectivity index (χ1n) is 7.60. The molecular formula is C17H21N3O2. The minimum absolute atomic E-state index is 0.0134. The van der Waals surface area contributed by atoms with Crippen LogP contribution in [0.3, 0.4) is 0 Å². The number of aryl methyl sites for hydroxylation is 1. The molecule has 0 unspecified atom stereocenters. The summed E-state index contributed by atoms with van der Waals surface area (Å²) in [7, 11) is 0. The molecule has 1 aliphatic heterocycles. The van der Waals surface area contributed by atoms with Crippen LogP contribution >= 0.6 is 0 Å². The monoisotopic (exact) mass is 299 g/mol. The molecule has 116 valence electrons. The van der Waals surface area contributed by atoms with Gasteiger partial charge in [-0.2, -0.15) is 0 Å². The molecule has 2 aromatic rings. The molecule has 0 aromatic carbocycles. The molecule has 0 N–H and O–H groups in total. The third kappa shape index (κ3) is 4.26. The van der Waals surface area contributed by atoms with Crippen molar-refractivity contribution in [1.29, 1.82) is 0 Å². The van der Waals surface area contributed by atoms with E-state index in [9.17, 15) is 0 Å². The molecule has 3 heterocycles. The van der Waals surface area contributed by atoms with Gasteiger partial charge < -0.3 is 9.47 Å². The number of pyridine rings is 2. The van der Waals surface area contributed by atoms with Gasteiger partial charge in [0.1, 0.15) is 6.10 Å². The van der Waals surface area contributed by atoms with E-state index in [4.69, 9.17) is 9.47 Å². The van der Waals surface area contributed by atoms with E-state index in [1.807, 2.05) is 49.5 Å². The van der Waals surface area contributed by atoms with Crippen molar-refractivity contribution in [3.8, 4) is 5.88 Å². The second kappa shape index (κ2) is 7.33. The summed E-state index contributed by atoms with van der Waals surface area (Å²) in [4.78, 5) is 11.1. The van der Waals surface area contributed by atoms with E-state index in [1.54, 1.807) is 0 Å². The predicted octanol–water partition coefficient (Wildman–Crippen LogP) is 2.06. The number of nitrogens with zero attached hydrogens (tertiary/aromatic N) is 3. The van der Waals surface area contributed by atoms with Crippen molar-refractivity contribution < 1.29 is 9.47 Å². The molecular weight excluding hydrogens is 278 g/mol. The van der Waals surface area contributed by atoms with Crippen LogP contribution < -0.4 is 4.74 Å². The zero-order valence-corrected chi connectivity index (χ0v) is 12.8. The van der Waals surface area contributed by atoms with E-state index in [0.29, 0.717) is 19.1 Å². The van der Waals surface area contributed by atoms with E-state index in [1.165, 1.54) is 0 Å². The van der Waals surface area contributed by atoms with Crippen LogP contribution in [-0.4, -0.2) is 47.3 Å². The van der Waals surface area contributed by atoms with Crippen LogP contribution in [0.2, 0.25) is 0 Å². The molecule has 5 nitrogen and oxygen atoms in total. The molecule has 5 heteroatoms. The molecule has 1 atom stereocenters. The zero-order valence-electron chi connectivity index (χ0n) is 12.8. The molecule has 3 rings (SSSR count). The van der Waals surface area contributed by atoms with Gasteiger partial charge in [0.15, 0.2) is 0 Å². The van der Waals surface area contributed by atoms with E-state index >= 15 is 0 Å². The van der Waals surface area contributed by atoms with Gasteiger partial charge in [0.25, 0.3) is 0 Å². The largest absolute Gasteiger partial charge is 0.471 e. The fourth-order valence-corrected chi connectivity index (χ4v) is 2.53. The van der Waals surface area contributed by atoms with Gasteiger partial charge >= 0.3 is 0 Å². The van der Waals surface area contributed by atoms with Crippen LogP contribution in [-0.2, 0) is 11.3 Å². The van der Waals surface area contributed by atoms with Crippen LogP contribution in [0.15, 0.2) is 42.6 Å². The van der Waals surface area contributed by atoms with E-state index in [0.717, 1.165) is 31.0 Å². The van der Waals surface area contributed by atoms with Crippen molar-refractivity contribution in [2.24, 2.45) is 0 Å². The van der Waals surface area contributed by atoms with Crippen LogP contribution in [0.5, 0.6) is 5.88 Å². The standard InChI is InChI=1S/C17H21N3O2/c1-14-5-4-7-17(19-14)22-16-12-20(9-10-21-13-16)11-15-6-2-3-8-18-15/h2-8,16H,9-13H2,1H3/t16-/m1/s1. The van der Waals surface area contributed by atoms with Crippen molar-refractivity contribution in [1.82, 2.24) is 14.9 Å². The lowest BCUT2D eigenvalue weighted by atomic mass is 10.3. The van der Waals surface area contributed by atoms with Gasteiger partial charge in [0, 0.05) is 37.6 Å². The van der Waals surface area contributed by atoms with Gasteiger partial charge in [0.05, 0.1) is 18.9 Å². The second-order valence-corrected chi connectivity index (χ2v) is 5.49. The highest BCUT2D eigenvalue weighted by atomic mass is 16.5. The Morgan fingerprint density at radius 1 is 1.27 bits per heavy atom. The summed E-state index contributed by atoms with van der Waals surface area (Å²) in [5, 5.41) is 0. The summed E-state index contributed by atoms with van der Waals surface area (Å²) in [5.74, 6) is 0.660. The predicted molar refractivity (Wildman–Crippen MR) is 83.7 cm³/mol. The average molecular weight is 299 g/mol. The Morgan fingerprint density at radius 2 is 2.23 bits per heavy atom. The molecule has 2 aromatic heterocycles. The summed E-state index contributed by atoms with van der Waals surface area (Å²) >= 11 is 0. The Bertz CT molecular complexity index is 591.